The highest BCUT2D eigenvalue weighted by Gasteiger charge is 2.38. The van der Waals surface area contributed by atoms with Gasteiger partial charge in [0.25, 0.3) is 0 Å². The van der Waals surface area contributed by atoms with Crippen LogP contribution in [-0.4, -0.2) is 28.1 Å². The van der Waals surface area contributed by atoms with Crippen LogP contribution in [0.25, 0.3) is 5.69 Å². The minimum atomic E-state index is -0.178. The van der Waals surface area contributed by atoms with E-state index in [0.29, 0.717) is 23.3 Å². The zero-order valence-electron chi connectivity index (χ0n) is 13.3. The van der Waals surface area contributed by atoms with Crippen molar-refractivity contribution in [3.8, 4) is 5.69 Å². The van der Waals surface area contributed by atoms with Crippen molar-refractivity contribution in [3.63, 3.8) is 0 Å². The summed E-state index contributed by atoms with van der Waals surface area (Å²) >= 11 is 5.99. The Labute approximate surface area is 145 Å². The van der Waals surface area contributed by atoms with Gasteiger partial charge in [-0.25, -0.2) is 4.68 Å². The van der Waals surface area contributed by atoms with E-state index in [1.54, 1.807) is 29.1 Å². The molecule has 1 aromatic carbocycles. The van der Waals surface area contributed by atoms with E-state index in [-0.39, 0.29) is 24.2 Å². The first kappa shape index (κ1) is 16.5. The Balaban J connectivity index is 1.54. The van der Waals surface area contributed by atoms with Gasteiger partial charge in [0.2, 0.25) is 11.8 Å². The maximum absolute atomic E-state index is 12.1. The van der Waals surface area contributed by atoms with Crippen LogP contribution in [0.5, 0.6) is 0 Å². The molecule has 3 rings (SSSR count). The van der Waals surface area contributed by atoms with Gasteiger partial charge in [0, 0.05) is 30.0 Å². The normalized spacial score (nSPS) is 18.9. The summed E-state index contributed by atoms with van der Waals surface area (Å²) in [7, 11) is 0. The third kappa shape index (κ3) is 3.94. The maximum Gasteiger partial charge on any atom is 0.227 e. The summed E-state index contributed by atoms with van der Waals surface area (Å²) in [5, 5.41) is 10.4. The Kier molecular flexibility index (Phi) is 4.85. The van der Waals surface area contributed by atoms with E-state index in [9.17, 15) is 9.59 Å². The van der Waals surface area contributed by atoms with Crippen LogP contribution in [-0.2, 0) is 9.59 Å². The molecule has 7 heteroatoms. The van der Waals surface area contributed by atoms with E-state index in [4.69, 9.17) is 11.6 Å². The van der Waals surface area contributed by atoms with Crippen LogP contribution in [0.4, 0.5) is 5.82 Å². The monoisotopic (exact) mass is 346 g/mol. The number of amides is 2. The molecule has 0 saturated heterocycles. The Morgan fingerprint density at radius 3 is 2.88 bits per heavy atom. The van der Waals surface area contributed by atoms with Crippen LogP contribution in [0.3, 0.4) is 0 Å². The van der Waals surface area contributed by atoms with Crippen LogP contribution in [0.15, 0.2) is 36.5 Å². The molecule has 2 atom stereocenters. The molecule has 1 fully saturated rings. The van der Waals surface area contributed by atoms with Crippen molar-refractivity contribution in [2.75, 3.05) is 11.9 Å². The molecular weight excluding hydrogens is 328 g/mol. The number of aromatic nitrogens is 2. The van der Waals surface area contributed by atoms with Gasteiger partial charge >= 0.3 is 0 Å². The van der Waals surface area contributed by atoms with Gasteiger partial charge in [0.1, 0.15) is 5.82 Å². The standard InChI is InChI=1S/C17H19ClN4O2/c1-11-9-14(11)17(24)19-7-6-16(23)21-15-5-8-20-22(15)13-4-2-3-12(18)10-13/h2-5,8,10-11,14H,6-7,9H2,1H3,(H,19,24)(H,21,23)/t11-,14+/m0/s1. The largest absolute Gasteiger partial charge is 0.355 e. The van der Waals surface area contributed by atoms with Crippen molar-refractivity contribution in [3.05, 3.63) is 41.6 Å². The predicted molar refractivity (Wildman–Crippen MR) is 92.1 cm³/mol. The summed E-state index contributed by atoms with van der Waals surface area (Å²) in [6.45, 7) is 2.38. The summed E-state index contributed by atoms with van der Waals surface area (Å²) in [5.74, 6) is 1.01. The van der Waals surface area contributed by atoms with Crippen molar-refractivity contribution in [1.29, 1.82) is 0 Å². The highest BCUT2D eigenvalue weighted by atomic mass is 35.5. The summed E-state index contributed by atoms with van der Waals surface area (Å²) < 4.78 is 1.61. The van der Waals surface area contributed by atoms with Crippen LogP contribution in [0.1, 0.15) is 19.8 Å². The fraction of sp³-hybridized carbons (Fsp3) is 0.353. The van der Waals surface area contributed by atoms with Crippen LogP contribution in [0.2, 0.25) is 5.02 Å². The third-order valence-corrected chi connectivity index (χ3v) is 4.30. The third-order valence-electron chi connectivity index (χ3n) is 4.06. The van der Waals surface area contributed by atoms with E-state index < -0.39 is 0 Å². The molecule has 1 saturated carbocycles. The fourth-order valence-electron chi connectivity index (χ4n) is 2.53. The van der Waals surface area contributed by atoms with Crippen molar-refractivity contribution in [2.45, 2.75) is 19.8 Å². The Morgan fingerprint density at radius 1 is 1.38 bits per heavy atom. The van der Waals surface area contributed by atoms with Gasteiger partial charge in [-0.2, -0.15) is 5.10 Å². The SMILES string of the molecule is C[C@H]1C[C@H]1C(=O)NCCC(=O)Nc1ccnn1-c1cccc(Cl)c1. The van der Waals surface area contributed by atoms with Gasteiger partial charge in [-0.1, -0.05) is 24.6 Å². The Hall–Kier alpha value is -2.34. The quantitative estimate of drug-likeness (QED) is 0.844. The summed E-state index contributed by atoms with van der Waals surface area (Å²) in [6, 6.07) is 8.92. The Bertz CT molecular complexity index is 759. The van der Waals surface area contributed by atoms with E-state index in [0.717, 1.165) is 12.1 Å². The van der Waals surface area contributed by atoms with Crippen molar-refractivity contribution in [2.24, 2.45) is 11.8 Å². The summed E-state index contributed by atoms with van der Waals surface area (Å²) in [6.07, 6.45) is 2.76. The summed E-state index contributed by atoms with van der Waals surface area (Å²) in [5.41, 5.74) is 0.763. The first-order valence-corrected chi connectivity index (χ1v) is 8.30. The van der Waals surface area contributed by atoms with Crippen LogP contribution >= 0.6 is 11.6 Å². The molecule has 2 N–H and O–H groups in total. The van der Waals surface area contributed by atoms with Crippen LogP contribution < -0.4 is 10.6 Å². The van der Waals surface area contributed by atoms with Crippen molar-refractivity contribution < 1.29 is 9.59 Å². The Morgan fingerprint density at radius 2 is 2.17 bits per heavy atom. The molecule has 0 radical (unpaired) electrons. The molecule has 1 heterocycles. The van der Waals surface area contributed by atoms with Gasteiger partial charge in [-0.15, -0.1) is 0 Å². The second-order valence-corrected chi connectivity index (χ2v) is 6.45. The highest BCUT2D eigenvalue weighted by Crippen LogP contribution is 2.37. The minimum Gasteiger partial charge on any atom is -0.355 e. The zero-order chi connectivity index (χ0) is 17.1. The molecule has 0 unspecified atom stereocenters. The van der Waals surface area contributed by atoms with Gasteiger partial charge < -0.3 is 10.6 Å². The topological polar surface area (TPSA) is 76.0 Å². The minimum absolute atomic E-state index is 0.0410. The van der Waals surface area contributed by atoms with Crippen LogP contribution in [0, 0.1) is 11.8 Å². The average Bonchev–Trinajstić information content (AvgIpc) is 3.10. The van der Waals surface area contributed by atoms with E-state index >= 15 is 0 Å². The molecule has 0 aliphatic heterocycles. The number of carbonyl (C=O) groups excluding carboxylic acids is 2. The fourth-order valence-corrected chi connectivity index (χ4v) is 2.72. The number of benzene rings is 1. The number of halogens is 1. The lowest BCUT2D eigenvalue weighted by Crippen LogP contribution is -2.29. The maximum atomic E-state index is 12.1. The van der Waals surface area contributed by atoms with E-state index in [2.05, 4.69) is 15.7 Å². The highest BCUT2D eigenvalue weighted by molar-refractivity contribution is 6.30. The average molecular weight is 347 g/mol. The first-order chi connectivity index (χ1) is 11.5. The molecule has 0 spiro atoms. The molecule has 126 valence electrons. The van der Waals surface area contributed by atoms with Gasteiger partial charge in [0.15, 0.2) is 0 Å². The first-order valence-electron chi connectivity index (χ1n) is 7.92. The molecule has 1 aliphatic rings. The second kappa shape index (κ2) is 7.05. The molecule has 6 nitrogen and oxygen atoms in total. The predicted octanol–water partition coefficient (Wildman–Crippen LogP) is 2.63. The zero-order valence-corrected chi connectivity index (χ0v) is 14.1. The number of carbonyl (C=O) groups is 2. The summed E-state index contributed by atoms with van der Waals surface area (Å²) in [4.78, 5) is 23.8. The number of nitrogens with zero attached hydrogens (tertiary/aromatic N) is 2. The van der Waals surface area contributed by atoms with Crippen molar-refractivity contribution >= 4 is 29.2 Å². The molecule has 24 heavy (non-hydrogen) atoms. The molecule has 2 aromatic rings. The van der Waals surface area contributed by atoms with Gasteiger partial charge in [-0.05, 0) is 30.5 Å². The smallest absolute Gasteiger partial charge is 0.227 e. The molecule has 2 amide bonds. The lowest BCUT2D eigenvalue weighted by molar-refractivity contribution is -0.122. The molecule has 1 aliphatic carbocycles. The van der Waals surface area contributed by atoms with E-state index in [1.165, 1.54) is 0 Å². The number of anilines is 1. The number of rotatable bonds is 6. The lowest BCUT2D eigenvalue weighted by Gasteiger charge is -2.09. The van der Waals surface area contributed by atoms with Gasteiger partial charge in [-0.3, -0.25) is 9.59 Å². The molecule has 0 bridgehead atoms. The molecule has 1 aromatic heterocycles. The second-order valence-electron chi connectivity index (χ2n) is 6.02. The lowest BCUT2D eigenvalue weighted by atomic mass is 10.3. The molecular formula is C17H19ClN4O2. The number of hydrogen-bond donors (Lipinski definition) is 2. The van der Waals surface area contributed by atoms with Crippen molar-refractivity contribution in [1.82, 2.24) is 15.1 Å². The van der Waals surface area contributed by atoms with E-state index in [1.807, 2.05) is 19.1 Å². The van der Waals surface area contributed by atoms with Gasteiger partial charge in [0.05, 0.1) is 11.9 Å². The number of nitrogens with one attached hydrogen (secondary N) is 2. The number of hydrogen-bond acceptors (Lipinski definition) is 3.